The molecule has 0 unspecified atom stereocenters. The Hall–Kier alpha value is -0.650. The standard InChI is InChI=1S/C13H18BrN3S/c1-2-16-5-7-17(8-6-16)12-4-3-10(13(15)18)9-11(12)14/h3-4,9H,2,5-8H2,1H3,(H2,15,18). The molecule has 1 heterocycles. The van der Waals surface area contributed by atoms with E-state index in [0.29, 0.717) is 4.99 Å². The maximum atomic E-state index is 5.64. The van der Waals surface area contributed by atoms with Gasteiger partial charge in [-0.1, -0.05) is 19.1 Å². The van der Waals surface area contributed by atoms with Gasteiger partial charge in [0.15, 0.2) is 0 Å². The lowest BCUT2D eigenvalue weighted by molar-refractivity contribution is 0.271. The fourth-order valence-corrected chi connectivity index (χ4v) is 2.98. The number of thiocarbonyl (C=S) groups is 1. The van der Waals surface area contributed by atoms with Gasteiger partial charge in [0.2, 0.25) is 0 Å². The quantitative estimate of drug-likeness (QED) is 0.863. The van der Waals surface area contributed by atoms with Gasteiger partial charge in [-0.05, 0) is 40.7 Å². The van der Waals surface area contributed by atoms with E-state index in [1.54, 1.807) is 0 Å². The molecule has 1 aromatic rings. The van der Waals surface area contributed by atoms with Gasteiger partial charge in [-0.15, -0.1) is 0 Å². The average molecular weight is 328 g/mol. The van der Waals surface area contributed by atoms with E-state index in [2.05, 4.69) is 38.7 Å². The fourth-order valence-electron chi connectivity index (χ4n) is 2.22. The van der Waals surface area contributed by atoms with E-state index in [9.17, 15) is 0 Å². The second-order valence-electron chi connectivity index (χ2n) is 4.45. The van der Waals surface area contributed by atoms with Crippen LogP contribution in [0.15, 0.2) is 22.7 Å². The number of hydrogen-bond donors (Lipinski definition) is 1. The lowest BCUT2D eigenvalue weighted by atomic mass is 10.2. The van der Waals surface area contributed by atoms with Crippen LogP contribution < -0.4 is 10.6 Å². The minimum Gasteiger partial charge on any atom is -0.389 e. The SMILES string of the molecule is CCN1CCN(c2ccc(C(N)=S)cc2Br)CC1. The number of rotatable bonds is 3. The van der Waals surface area contributed by atoms with Crippen LogP contribution in [0.5, 0.6) is 0 Å². The molecule has 1 fully saturated rings. The molecule has 1 aliphatic rings. The number of anilines is 1. The molecule has 0 aliphatic carbocycles. The monoisotopic (exact) mass is 327 g/mol. The van der Waals surface area contributed by atoms with Gasteiger partial charge in [0.25, 0.3) is 0 Å². The highest BCUT2D eigenvalue weighted by atomic mass is 79.9. The first-order valence-corrected chi connectivity index (χ1v) is 7.38. The van der Waals surface area contributed by atoms with Crippen LogP contribution in [0.25, 0.3) is 0 Å². The summed E-state index contributed by atoms with van der Waals surface area (Å²) in [5.41, 5.74) is 7.78. The topological polar surface area (TPSA) is 32.5 Å². The first-order valence-electron chi connectivity index (χ1n) is 6.18. The number of nitrogens with two attached hydrogens (primary N) is 1. The van der Waals surface area contributed by atoms with E-state index in [1.165, 1.54) is 5.69 Å². The van der Waals surface area contributed by atoms with Crippen molar-refractivity contribution in [3.63, 3.8) is 0 Å². The number of likely N-dealkylation sites (N-methyl/N-ethyl adjacent to an activating group) is 1. The van der Waals surface area contributed by atoms with Crippen LogP contribution >= 0.6 is 28.1 Å². The number of benzene rings is 1. The number of nitrogens with zero attached hydrogens (tertiary/aromatic N) is 2. The third-order valence-electron chi connectivity index (χ3n) is 3.39. The summed E-state index contributed by atoms with van der Waals surface area (Å²) in [6.45, 7) is 7.73. The first-order chi connectivity index (χ1) is 8.61. The summed E-state index contributed by atoms with van der Waals surface area (Å²) in [5.74, 6) is 0. The summed E-state index contributed by atoms with van der Waals surface area (Å²) >= 11 is 8.60. The van der Waals surface area contributed by atoms with Crippen LogP contribution in [0.1, 0.15) is 12.5 Å². The van der Waals surface area contributed by atoms with E-state index >= 15 is 0 Å². The Labute approximate surface area is 122 Å². The third-order valence-corrected chi connectivity index (χ3v) is 4.26. The van der Waals surface area contributed by atoms with Crippen LogP contribution in [-0.4, -0.2) is 42.6 Å². The van der Waals surface area contributed by atoms with Gasteiger partial charge >= 0.3 is 0 Å². The predicted octanol–water partition coefficient (Wildman–Crippen LogP) is 2.23. The Morgan fingerprint density at radius 2 is 2.00 bits per heavy atom. The maximum Gasteiger partial charge on any atom is 0.104 e. The highest BCUT2D eigenvalue weighted by molar-refractivity contribution is 9.10. The lowest BCUT2D eigenvalue weighted by Gasteiger charge is -2.36. The summed E-state index contributed by atoms with van der Waals surface area (Å²) in [6.07, 6.45) is 0. The molecule has 1 aliphatic heterocycles. The molecule has 18 heavy (non-hydrogen) atoms. The molecule has 2 N–H and O–H groups in total. The van der Waals surface area contributed by atoms with Gasteiger partial charge in [-0.3, -0.25) is 0 Å². The molecule has 0 spiro atoms. The summed E-state index contributed by atoms with van der Waals surface area (Å²) in [6, 6.07) is 6.10. The summed E-state index contributed by atoms with van der Waals surface area (Å²) < 4.78 is 1.07. The van der Waals surface area contributed by atoms with Crippen LogP contribution in [0.3, 0.4) is 0 Å². The molecule has 2 rings (SSSR count). The molecular weight excluding hydrogens is 310 g/mol. The summed E-state index contributed by atoms with van der Waals surface area (Å²) in [4.78, 5) is 5.31. The zero-order valence-corrected chi connectivity index (χ0v) is 12.9. The number of hydrogen-bond acceptors (Lipinski definition) is 3. The highest BCUT2D eigenvalue weighted by Gasteiger charge is 2.17. The van der Waals surface area contributed by atoms with Gasteiger partial charge in [0.05, 0.1) is 5.69 Å². The van der Waals surface area contributed by atoms with E-state index in [4.69, 9.17) is 18.0 Å². The molecule has 0 atom stereocenters. The molecule has 3 nitrogen and oxygen atoms in total. The first kappa shape index (κ1) is 13.8. The van der Waals surface area contributed by atoms with Crippen molar-refractivity contribution in [3.8, 4) is 0 Å². The largest absolute Gasteiger partial charge is 0.389 e. The molecule has 5 heteroatoms. The molecule has 0 amide bonds. The Bertz CT molecular complexity index is 442. The molecule has 0 radical (unpaired) electrons. The van der Waals surface area contributed by atoms with Gasteiger partial charge in [-0.25, -0.2) is 0 Å². The number of piperazine rings is 1. The van der Waals surface area contributed by atoms with Crippen molar-refractivity contribution in [1.29, 1.82) is 0 Å². The van der Waals surface area contributed by atoms with E-state index in [0.717, 1.165) is 42.8 Å². The van der Waals surface area contributed by atoms with Gasteiger partial charge in [0.1, 0.15) is 4.99 Å². The minimum absolute atomic E-state index is 0.443. The van der Waals surface area contributed by atoms with Crippen molar-refractivity contribution in [2.24, 2.45) is 5.73 Å². The van der Waals surface area contributed by atoms with Gasteiger partial charge in [0, 0.05) is 36.2 Å². The van der Waals surface area contributed by atoms with Crippen molar-refractivity contribution >= 4 is 38.8 Å². The van der Waals surface area contributed by atoms with Crippen molar-refractivity contribution in [2.45, 2.75) is 6.92 Å². The Kier molecular flexibility index (Phi) is 4.59. The Balaban J connectivity index is 2.12. The second kappa shape index (κ2) is 5.99. The molecule has 0 saturated carbocycles. The molecule has 1 aromatic carbocycles. The van der Waals surface area contributed by atoms with Crippen LogP contribution in [0, 0.1) is 0 Å². The number of halogens is 1. The zero-order chi connectivity index (χ0) is 13.1. The predicted molar refractivity (Wildman–Crippen MR) is 84.4 cm³/mol. The highest BCUT2D eigenvalue weighted by Crippen LogP contribution is 2.28. The Morgan fingerprint density at radius 1 is 1.33 bits per heavy atom. The third kappa shape index (κ3) is 3.02. The van der Waals surface area contributed by atoms with E-state index < -0.39 is 0 Å². The fraction of sp³-hybridized carbons (Fsp3) is 0.462. The minimum atomic E-state index is 0.443. The van der Waals surface area contributed by atoms with Crippen molar-refractivity contribution in [2.75, 3.05) is 37.6 Å². The average Bonchev–Trinajstić information content (AvgIpc) is 2.38. The van der Waals surface area contributed by atoms with Crippen molar-refractivity contribution in [3.05, 3.63) is 28.2 Å². The second-order valence-corrected chi connectivity index (χ2v) is 5.75. The molecule has 98 valence electrons. The van der Waals surface area contributed by atoms with Gasteiger partial charge in [-0.2, -0.15) is 0 Å². The maximum absolute atomic E-state index is 5.64. The van der Waals surface area contributed by atoms with Crippen molar-refractivity contribution < 1.29 is 0 Å². The smallest absolute Gasteiger partial charge is 0.104 e. The van der Waals surface area contributed by atoms with E-state index in [-0.39, 0.29) is 0 Å². The molecule has 0 aromatic heterocycles. The van der Waals surface area contributed by atoms with Gasteiger partial charge < -0.3 is 15.5 Å². The summed E-state index contributed by atoms with van der Waals surface area (Å²) in [7, 11) is 0. The van der Waals surface area contributed by atoms with Crippen molar-refractivity contribution in [1.82, 2.24) is 4.90 Å². The van der Waals surface area contributed by atoms with Crippen LogP contribution in [0.2, 0.25) is 0 Å². The normalized spacial score (nSPS) is 16.9. The van der Waals surface area contributed by atoms with Crippen LogP contribution in [-0.2, 0) is 0 Å². The molecule has 0 bridgehead atoms. The Morgan fingerprint density at radius 3 is 2.50 bits per heavy atom. The lowest BCUT2D eigenvalue weighted by Crippen LogP contribution is -2.46. The zero-order valence-electron chi connectivity index (χ0n) is 10.5. The molecule has 1 saturated heterocycles. The molecular formula is C13H18BrN3S. The van der Waals surface area contributed by atoms with E-state index in [1.807, 2.05) is 12.1 Å². The van der Waals surface area contributed by atoms with Crippen LogP contribution in [0.4, 0.5) is 5.69 Å². The summed E-state index contributed by atoms with van der Waals surface area (Å²) in [5, 5.41) is 0.